The average molecular weight is 298 g/mol. The molecule has 0 heterocycles. The van der Waals surface area contributed by atoms with E-state index < -0.39 is 29.4 Å². The first-order valence-electron chi connectivity index (χ1n) is 5.70. The molecule has 0 saturated heterocycles. The smallest absolute Gasteiger partial charge is 0.300 e. The van der Waals surface area contributed by atoms with E-state index in [9.17, 15) is 31.1 Å². The van der Waals surface area contributed by atoms with Gasteiger partial charge in [0.2, 0.25) is 0 Å². The number of halogens is 6. The SMILES string of the molecule is CC(=O)C(C)Cc1cc(C(F)(F)F)cc(C(F)(F)F)c1. The molecule has 0 aliphatic carbocycles. The maximum Gasteiger partial charge on any atom is 0.416 e. The minimum atomic E-state index is -4.87. The molecule has 1 aromatic carbocycles. The van der Waals surface area contributed by atoms with E-state index in [2.05, 4.69) is 0 Å². The third-order valence-corrected chi connectivity index (χ3v) is 2.88. The Morgan fingerprint density at radius 2 is 1.40 bits per heavy atom. The first-order chi connectivity index (χ1) is 8.91. The molecule has 20 heavy (non-hydrogen) atoms. The van der Waals surface area contributed by atoms with Crippen LogP contribution in [-0.2, 0) is 23.6 Å². The van der Waals surface area contributed by atoms with Crippen molar-refractivity contribution in [1.82, 2.24) is 0 Å². The van der Waals surface area contributed by atoms with Gasteiger partial charge < -0.3 is 0 Å². The van der Waals surface area contributed by atoms with Crippen molar-refractivity contribution in [1.29, 1.82) is 0 Å². The number of carbonyl (C=O) groups excluding carboxylic acids is 1. The number of carbonyl (C=O) groups is 1. The largest absolute Gasteiger partial charge is 0.416 e. The van der Waals surface area contributed by atoms with E-state index >= 15 is 0 Å². The van der Waals surface area contributed by atoms with Crippen LogP contribution in [0, 0.1) is 5.92 Å². The number of hydrogen-bond donors (Lipinski definition) is 0. The van der Waals surface area contributed by atoms with Crippen LogP contribution in [0.1, 0.15) is 30.5 Å². The summed E-state index contributed by atoms with van der Waals surface area (Å²) in [5, 5.41) is 0. The second-order valence-corrected chi connectivity index (χ2v) is 4.63. The predicted octanol–water partition coefficient (Wildman–Crippen LogP) is 4.49. The summed E-state index contributed by atoms with van der Waals surface area (Å²) < 4.78 is 75.6. The summed E-state index contributed by atoms with van der Waals surface area (Å²) >= 11 is 0. The first kappa shape index (κ1) is 16.5. The van der Waals surface area contributed by atoms with E-state index in [-0.39, 0.29) is 23.8 Å². The molecule has 1 rings (SSSR count). The van der Waals surface area contributed by atoms with Crippen molar-refractivity contribution in [2.24, 2.45) is 5.92 Å². The van der Waals surface area contributed by atoms with Crippen LogP contribution in [0.25, 0.3) is 0 Å². The van der Waals surface area contributed by atoms with E-state index in [1.165, 1.54) is 13.8 Å². The molecule has 0 saturated carbocycles. The van der Waals surface area contributed by atoms with Crippen LogP contribution in [-0.4, -0.2) is 5.78 Å². The molecular weight excluding hydrogens is 286 g/mol. The molecule has 1 atom stereocenters. The van der Waals surface area contributed by atoms with Crippen molar-refractivity contribution in [2.75, 3.05) is 0 Å². The Bertz CT molecular complexity index is 468. The molecule has 0 radical (unpaired) electrons. The highest BCUT2D eigenvalue weighted by molar-refractivity contribution is 5.78. The number of alkyl halides is 6. The van der Waals surface area contributed by atoms with E-state index in [1.807, 2.05) is 0 Å². The van der Waals surface area contributed by atoms with Crippen molar-refractivity contribution < 1.29 is 31.1 Å². The third-order valence-electron chi connectivity index (χ3n) is 2.88. The monoisotopic (exact) mass is 298 g/mol. The van der Waals surface area contributed by atoms with Gasteiger partial charge in [0.15, 0.2) is 0 Å². The van der Waals surface area contributed by atoms with Gasteiger partial charge >= 0.3 is 12.4 Å². The van der Waals surface area contributed by atoms with Gasteiger partial charge in [0.05, 0.1) is 11.1 Å². The number of hydrogen-bond acceptors (Lipinski definition) is 1. The molecular formula is C13H12F6O. The van der Waals surface area contributed by atoms with E-state index in [0.29, 0.717) is 12.1 Å². The Balaban J connectivity index is 3.28. The molecule has 0 bridgehead atoms. The average Bonchev–Trinajstić information content (AvgIpc) is 2.26. The van der Waals surface area contributed by atoms with Crippen molar-refractivity contribution in [3.63, 3.8) is 0 Å². The van der Waals surface area contributed by atoms with Gasteiger partial charge in [-0.3, -0.25) is 4.79 Å². The van der Waals surface area contributed by atoms with Gasteiger partial charge in [-0.2, -0.15) is 26.3 Å². The van der Waals surface area contributed by atoms with Crippen LogP contribution in [0.15, 0.2) is 18.2 Å². The highest BCUT2D eigenvalue weighted by Gasteiger charge is 2.36. The van der Waals surface area contributed by atoms with Crippen LogP contribution < -0.4 is 0 Å². The highest BCUT2D eigenvalue weighted by Crippen LogP contribution is 2.36. The van der Waals surface area contributed by atoms with Crippen molar-refractivity contribution in [3.05, 3.63) is 34.9 Å². The van der Waals surface area contributed by atoms with Gasteiger partial charge in [-0.1, -0.05) is 6.92 Å². The molecule has 0 aliphatic heterocycles. The summed E-state index contributed by atoms with van der Waals surface area (Å²) in [5.74, 6) is -0.935. The Morgan fingerprint density at radius 3 is 1.70 bits per heavy atom. The highest BCUT2D eigenvalue weighted by atomic mass is 19.4. The van der Waals surface area contributed by atoms with Crippen LogP contribution in [0.4, 0.5) is 26.3 Å². The molecule has 0 fully saturated rings. The second-order valence-electron chi connectivity index (χ2n) is 4.63. The molecule has 1 unspecified atom stereocenters. The molecule has 0 N–H and O–H groups in total. The Hall–Kier alpha value is -1.53. The zero-order valence-corrected chi connectivity index (χ0v) is 10.7. The molecule has 112 valence electrons. The number of ketones is 1. The Morgan fingerprint density at radius 1 is 1.00 bits per heavy atom. The molecule has 1 aromatic rings. The molecule has 1 nitrogen and oxygen atoms in total. The molecule has 0 aliphatic rings. The minimum absolute atomic E-state index is 0.0714. The van der Waals surface area contributed by atoms with Gasteiger partial charge in [-0.05, 0) is 37.1 Å². The van der Waals surface area contributed by atoms with Gasteiger partial charge in [-0.15, -0.1) is 0 Å². The maximum atomic E-state index is 12.6. The molecule has 0 aromatic heterocycles. The van der Waals surface area contributed by atoms with Crippen LogP contribution in [0.2, 0.25) is 0 Å². The lowest BCUT2D eigenvalue weighted by Crippen LogP contribution is -2.14. The normalized spacial score (nSPS) is 14.2. The minimum Gasteiger partial charge on any atom is -0.300 e. The Kier molecular flexibility index (Phi) is 4.51. The predicted molar refractivity (Wildman–Crippen MR) is 60.0 cm³/mol. The first-order valence-corrected chi connectivity index (χ1v) is 5.70. The van der Waals surface area contributed by atoms with E-state index in [1.54, 1.807) is 0 Å². The van der Waals surface area contributed by atoms with E-state index in [0.717, 1.165) is 0 Å². The summed E-state index contributed by atoms with van der Waals surface area (Å²) in [7, 11) is 0. The number of rotatable bonds is 3. The Labute approximate surface area is 111 Å². The molecule has 0 spiro atoms. The van der Waals surface area contributed by atoms with Gasteiger partial charge in [0, 0.05) is 5.92 Å². The summed E-state index contributed by atoms with van der Waals surface area (Å²) in [5.41, 5.74) is -2.88. The van der Waals surface area contributed by atoms with Crippen LogP contribution in [0.3, 0.4) is 0 Å². The number of benzene rings is 1. The zero-order chi connectivity index (χ0) is 15.7. The second kappa shape index (κ2) is 5.46. The molecule has 0 amide bonds. The van der Waals surface area contributed by atoms with E-state index in [4.69, 9.17) is 0 Å². The van der Waals surface area contributed by atoms with Crippen molar-refractivity contribution >= 4 is 5.78 Å². The van der Waals surface area contributed by atoms with Crippen LogP contribution >= 0.6 is 0 Å². The van der Waals surface area contributed by atoms with Gasteiger partial charge in [0.1, 0.15) is 5.78 Å². The summed E-state index contributed by atoms with van der Waals surface area (Å²) in [6.07, 6.45) is -9.90. The quantitative estimate of drug-likeness (QED) is 0.751. The summed E-state index contributed by atoms with van der Waals surface area (Å²) in [4.78, 5) is 11.1. The zero-order valence-electron chi connectivity index (χ0n) is 10.7. The van der Waals surface area contributed by atoms with Crippen molar-refractivity contribution in [2.45, 2.75) is 32.6 Å². The number of Topliss-reactive ketones (excluding diaryl/α,β-unsaturated/α-hetero) is 1. The van der Waals surface area contributed by atoms with Gasteiger partial charge in [-0.25, -0.2) is 0 Å². The standard InChI is InChI=1S/C13H12F6O/c1-7(8(2)20)3-9-4-10(12(14,15)16)6-11(5-9)13(17,18)19/h4-7H,3H2,1-2H3. The summed E-state index contributed by atoms with van der Waals surface area (Å²) in [6.45, 7) is 2.69. The van der Waals surface area contributed by atoms with Crippen LogP contribution in [0.5, 0.6) is 0 Å². The fourth-order valence-electron chi connectivity index (χ4n) is 1.63. The lowest BCUT2D eigenvalue weighted by atomic mass is 9.95. The topological polar surface area (TPSA) is 17.1 Å². The maximum absolute atomic E-state index is 12.6. The van der Waals surface area contributed by atoms with Gasteiger partial charge in [0.25, 0.3) is 0 Å². The third kappa shape index (κ3) is 4.25. The lowest BCUT2D eigenvalue weighted by Gasteiger charge is -2.15. The van der Waals surface area contributed by atoms with Crippen molar-refractivity contribution in [3.8, 4) is 0 Å². The fraction of sp³-hybridized carbons (Fsp3) is 0.462. The fourth-order valence-corrected chi connectivity index (χ4v) is 1.63. The summed E-state index contributed by atoms with van der Waals surface area (Å²) in [6, 6.07) is 1.37. The lowest BCUT2D eigenvalue weighted by molar-refractivity contribution is -0.143. The molecule has 7 heteroatoms.